The van der Waals surface area contributed by atoms with Crippen LogP contribution in [0.3, 0.4) is 0 Å². The Balaban J connectivity index is 2.16. The highest BCUT2D eigenvalue weighted by Gasteiger charge is 2.29. The maximum atomic E-state index is 12.7. The molecule has 1 fully saturated rings. The molecule has 116 valence electrons. The van der Waals surface area contributed by atoms with Crippen LogP contribution in [0.25, 0.3) is 10.9 Å². The molecule has 3 rings (SSSR count). The van der Waals surface area contributed by atoms with Crippen molar-refractivity contribution in [1.82, 2.24) is 9.55 Å². The van der Waals surface area contributed by atoms with Gasteiger partial charge in [0.2, 0.25) is 0 Å². The molecule has 22 heavy (non-hydrogen) atoms. The van der Waals surface area contributed by atoms with Crippen molar-refractivity contribution in [1.29, 1.82) is 0 Å². The summed E-state index contributed by atoms with van der Waals surface area (Å²) in [7, 11) is 0. The Labute approximate surface area is 136 Å². The molecule has 0 N–H and O–H groups in total. The van der Waals surface area contributed by atoms with Crippen molar-refractivity contribution in [2.24, 2.45) is 0 Å². The Hall–Kier alpha value is -1.53. The van der Waals surface area contributed by atoms with Crippen molar-refractivity contribution in [3.63, 3.8) is 0 Å². The second kappa shape index (κ2) is 5.93. The molecule has 1 aliphatic rings. The Morgan fingerprint density at radius 2 is 2.18 bits per heavy atom. The van der Waals surface area contributed by atoms with Crippen LogP contribution in [0, 0.1) is 0 Å². The first-order valence-corrected chi connectivity index (χ1v) is 8.28. The zero-order chi connectivity index (χ0) is 15.9. The number of hydrogen-bond donors (Lipinski definition) is 0. The smallest absolute Gasteiger partial charge is 0.319 e. The maximum absolute atomic E-state index is 12.7. The number of carbonyl (C=O) groups excluding carboxylic acids is 1. The molecular formula is C15H15ClN2O3S. The summed E-state index contributed by atoms with van der Waals surface area (Å²) in [5.74, 6) is -0.249. The molecule has 0 radical (unpaired) electrons. The van der Waals surface area contributed by atoms with E-state index >= 15 is 0 Å². The fourth-order valence-corrected chi connectivity index (χ4v) is 3.76. The minimum atomic E-state index is -0.312. The number of hydrogen-bond acceptors (Lipinski definition) is 5. The number of fused-ring (bicyclic) bond motifs is 1. The Kier molecular flexibility index (Phi) is 4.14. The van der Waals surface area contributed by atoms with Crippen molar-refractivity contribution in [2.75, 3.05) is 6.61 Å². The molecule has 2 aromatic rings. The van der Waals surface area contributed by atoms with E-state index in [1.807, 2.05) is 13.8 Å². The molecule has 0 saturated carbocycles. The van der Waals surface area contributed by atoms with E-state index < -0.39 is 0 Å². The van der Waals surface area contributed by atoms with E-state index in [1.165, 1.54) is 11.8 Å². The molecule has 0 spiro atoms. The largest absolute Gasteiger partial charge is 0.465 e. The number of esters is 1. The van der Waals surface area contributed by atoms with E-state index in [0.717, 1.165) is 0 Å². The molecule has 0 amide bonds. The Morgan fingerprint density at radius 1 is 1.41 bits per heavy atom. The van der Waals surface area contributed by atoms with Gasteiger partial charge in [-0.2, -0.15) is 0 Å². The van der Waals surface area contributed by atoms with Crippen LogP contribution in [0.5, 0.6) is 0 Å². The summed E-state index contributed by atoms with van der Waals surface area (Å²) >= 11 is 7.27. The fourth-order valence-electron chi connectivity index (χ4n) is 2.40. The van der Waals surface area contributed by atoms with Gasteiger partial charge in [-0.3, -0.25) is 14.2 Å². The topological polar surface area (TPSA) is 61.2 Å². The van der Waals surface area contributed by atoms with Crippen LogP contribution in [-0.4, -0.2) is 27.4 Å². The quantitative estimate of drug-likeness (QED) is 0.636. The SMILES string of the molecule is CC(C)n1c(S[C@H]2CCOC2=O)nc2cc(Cl)ccc2c1=O. The van der Waals surface area contributed by atoms with Gasteiger partial charge in [0.25, 0.3) is 5.56 Å². The minimum absolute atomic E-state index is 0.0556. The number of benzene rings is 1. The van der Waals surface area contributed by atoms with Gasteiger partial charge in [0.1, 0.15) is 5.25 Å². The first-order valence-electron chi connectivity index (χ1n) is 7.02. The number of rotatable bonds is 3. The number of carbonyl (C=O) groups is 1. The summed E-state index contributed by atoms with van der Waals surface area (Å²) < 4.78 is 6.60. The van der Waals surface area contributed by atoms with Crippen LogP contribution in [0.1, 0.15) is 26.3 Å². The predicted molar refractivity (Wildman–Crippen MR) is 86.6 cm³/mol. The summed E-state index contributed by atoms with van der Waals surface area (Å²) in [6.07, 6.45) is 0.630. The van der Waals surface area contributed by atoms with Crippen molar-refractivity contribution in [2.45, 2.75) is 36.7 Å². The third-order valence-corrected chi connectivity index (χ3v) is 4.93. The van der Waals surface area contributed by atoms with Crippen LogP contribution < -0.4 is 5.56 Å². The highest BCUT2D eigenvalue weighted by Crippen LogP contribution is 2.30. The highest BCUT2D eigenvalue weighted by molar-refractivity contribution is 8.00. The third-order valence-electron chi connectivity index (χ3n) is 3.48. The molecule has 1 aliphatic heterocycles. The number of ether oxygens (including phenoxy) is 1. The molecule has 1 atom stereocenters. The Bertz CT molecular complexity index is 803. The summed E-state index contributed by atoms with van der Waals surface area (Å²) in [6.45, 7) is 4.26. The molecule has 0 unspecified atom stereocenters. The summed E-state index contributed by atoms with van der Waals surface area (Å²) in [5.41, 5.74) is 0.425. The molecule has 1 aromatic heterocycles. The van der Waals surface area contributed by atoms with Gasteiger partial charge in [-0.1, -0.05) is 23.4 Å². The van der Waals surface area contributed by atoms with Gasteiger partial charge in [0.15, 0.2) is 5.16 Å². The van der Waals surface area contributed by atoms with Crippen molar-refractivity contribution >= 4 is 40.2 Å². The van der Waals surface area contributed by atoms with E-state index in [4.69, 9.17) is 16.3 Å². The zero-order valence-corrected chi connectivity index (χ0v) is 13.8. The number of nitrogens with zero attached hydrogens (tertiary/aromatic N) is 2. The summed E-state index contributed by atoms with van der Waals surface area (Å²) in [6, 6.07) is 4.98. The summed E-state index contributed by atoms with van der Waals surface area (Å²) in [5, 5.41) is 1.27. The van der Waals surface area contributed by atoms with E-state index in [0.29, 0.717) is 34.1 Å². The fraction of sp³-hybridized carbons (Fsp3) is 0.400. The van der Waals surface area contributed by atoms with E-state index in [9.17, 15) is 9.59 Å². The first kappa shape index (κ1) is 15.4. The number of cyclic esters (lactones) is 1. The molecule has 5 nitrogen and oxygen atoms in total. The zero-order valence-electron chi connectivity index (χ0n) is 12.2. The summed E-state index contributed by atoms with van der Waals surface area (Å²) in [4.78, 5) is 28.9. The molecule has 1 saturated heterocycles. The normalized spacial score (nSPS) is 18.2. The van der Waals surface area contributed by atoms with Gasteiger partial charge in [-0.15, -0.1) is 0 Å². The van der Waals surface area contributed by atoms with Gasteiger partial charge >= 0.3 is 5.97 Å². The first-order chi connectivity index (χ1) is 10.5. The van der Waals surface area contributed by atoms with Crippen molar-refractivity contribution < 1.29 is 9.53 Å². The Morgan fingerprint density at radius 3 is 2.82 bits per heavy atom. The number of thioether (sulfide) groups is 1. The molecule has 0 bridgehead atoms. The second-order valence-electron chi connectivity index (χ2n) is 5.39. The van der Waals surface area contributed by atoms with Crippen LogP contribution in [0.4, 0.5) is 0 Å². The van der Waals surface area contributed by atoms with Gasteiger partial charge in [-0.25, -0.2) is 4.98 Å². The van der Waals surface area contributed by atoms with E-state index in [-0.39, 0.29) is 22.8 Å². The standard InChI is InChI=1S/C15H15ClN2O3S/c1-8(2)18-13(19)10-4-3-9(16)7-11(10)17-15(18)22-12-5-6-21-14(12)20/h3-4,7-8,12H,5-6H2,1-2H3/t12-/m0/s1. The molecule has 7 heteroatoms. The van der Waals surface area contributed by atoms with Gasteiger partial charge < -0.3 is 4.74 Å². The lowest BCUT2D eigenvalue weighted by atomic mass is 10.2. The maximum Gasteiger partial charge on any atom is 0.319 e. The van der Waals surface area contributed by atoms with Crippen molar-refractivity contribution in [3.05, 3.63) is 33.6 Å². The molecule has 1 aromatic carbocycles. The molecule has 2 heterocycles. The van der Waals surface area contributed by atoms with Gasteiger partial charge in [0, 0.05) is 17.5 Å². The monoisotopic (exact) mass is 338 g/mol. The lowest BCUT2D eigenvalue weighted by Crippen LogP contribution is -2.26. The van der Waals surface area contributed by atoms with Crippen LogP contribution in [0.15, 0.2) is 28.2 Å². The predicted octanol–water partition coefficient (Wildman–Crippen LogP) is 3.04. The third kappa shape index (κ3) is 2.73. The average molecular weight is 339 g/mol. The van der Waals surface area contributed by atoms with Crippen LogP contribution >= 0.6 is 23.4 Å². The van der Waals surface area contributed by atoms with Gasteiger partial charge in [0.05, 0.1) is 17.5 Å². The number of aromatic nitrogens is 2. The van der Waals surface area contributed by atoms with E-state index in [2.05, 4.69) is 4.98 Å². The van der Waals surface area contributed by atoms with Crippen molar-refractivity contribution in [3.8, 4) is 0 Å². The lowest BCUT2D eigenvalue weighted by Gasteiger charge is -2.17. The van der Waals surface area contributed by atoms with Crippen LogP contribution in [0.2, 0.25) is 5.02 Å². The lowest BCUT2D eigenvalue weighted by molar-refractivity contribution is -0.137. The molecular weight excluding hydrogens is 324 g/mol. The second-order valence-corrected chi connectivity index (χ2v) is 6.99. The number of halogens is 1. The van der Waals surface area contributed by atoms with Crippen LogP contribution in [-0.2, 0) is 9.53 Å². The molecule has 0 aliphatic carbocycles. The average Bonchev–Trinajstić information content (AvgIpc) is 2.83. The van der Waals surface area contributed by atoms with Gasteiger partial charge in [-0.05, 0) is 32.0 Å². The minimum Gasteiger partial charge on any atom is -0.465 e. The van der Waals surface area contributed by atoms with E-state index in [1.54, 1.807) is 22.8 Å². The highest BCUT2D eigenvalue weighted by atomic mass is 35.5.